The van der Waals surface area contributed by atoms with Gasteiger partial charge in [-0.3, -0.25) is 4.79 Å². The minimum Gasteiger partial charge on any atom is -0.497 e. The SMILES string of the molecule is CCN(CC)c1ccc2cc(C(N)=NNC(=O)c3ccc(OC)cc3)c(=O)oc2c1. The number of methoxy groups -OCH3 is 1. The van der Waals surface area contributed by atoms with Gasteiger partial charge in [-0.1, -0.05) is 0 Å². The lowest BCUT2D eigenvalue weighted by Gasteiger charge is -2.21. The Morgan fingerprint density at radius 3 is 2.47 bits per heavy atom. The summed E-state index contributed by atoms with van der Waals surface area (Å²) in [6.07, 6.45) is 0. The van der Waals surface area contributed by atoms with Crippen molar-refractivity contribution >= 4 is 28.4 Å². The highest BCUT2D eigenvalue weighted by molar-refractivity contribution is 6.01. The number of nitrogens with two attached hydrogens (primary N) is 1. The Morgan fingerprint density at radius 1 is 1.13 bits per heavy atom. The Kier molecular flexibility index (Phi) is 6.36. The van der Waals surface area contributed by atoms with Crippen LogP contribution in [0.5, 0.6) is 5.75 Å². The van der Waals surface area contributed by atoms with Crippen LogP contribution in [0.15, 0.2) is 62.8 Å². The lowest BCUT2D eigenvalue weighted by Crippen LogP contribution is -2.27. The third kappa shape index (κ3) is 4.43. The van der Waals surface area contributed by atoms with Crippen molar-refractivity contribution in [3.05, 3.63) is 70.1 Å². The maximum absolute atomic E-state index is 12.4. The van der Waals surface area contributed by atoms with Crippen molar-refractivity contribution < 1.29 is 13.9 Å². The molecular weight excluding hydrogens is 384 g/mol. The summed E-state index contributed by atoms with van der Waals surface area (Å²) in [5.74, 6) is 0.0301. The number of nitrogens with zero attached hydrogens (tertiary/aromatic N) is 2. The Hall–Kier alpha value is -3.81. The maximum Gasteiger partial charge on any atom is 0.347 e. The van der Waals surface area contributed by atoms with E-state index in [1.54, 1.807) is 37.4 Å². The molecule has 0 saturated heterocycles. The number of anilines is 1. The van der Waals surface area contributed by atoms with Crippen molar-refractivity contribution in [3.8, 4) is 5.75 Å². The average molecular weight is 408 g/mol. The fourth-order valence-corrected chi connectivity index (χ4v) is 3.04. The van der Waals surface area contributed by atoms with Gasteiger partial charge in [0, 0.05) is 35.8 Å². The Bertz CT molecular complexity index is 1130. The number of nitrogens with one attached hydrogen (secondary N) is 1. The monoisotopic (exact) mass is 408 g/mol. The predicted molar refractivity (Wildman–Crippen MR) is 117 cm³/mol. The molecule has 0 aliphatic carbocycles. The standard InChI is InChI=1S/C22H24N4O4/c1-4-26(5-2)16-9-6-15-12-18(22(28)30-19(15)13-16)20(23)24-25-21(27)14-7-10-17(29-3)11-8-14/h6-13H,4-5H2,1-3H3,(H2,23,24)(H,25,27). The molecule has 3 rings (SSSR count). The van der Waals surface area contributed by atoms with Crippen molar-refractivity contribution in [3.63, 3.8) is 0 Å². The molecule has 1 heterocycles. The van der Waals surface area contributed by atoms with E-state index >= 15 is 0 Å². The lowest BCUT2D eigenvalue weighted by molar-refractivity contribution is 0.0954. The second kappa shape index (κ2) is 9.13. The average Bonchev–Trinajstić information content (AvgIpc) is 2.77. The summed E-state index contributed by atoms with van der Waals surface area (Å²) >= 11 is 0. The summed E-state index contributed by atoms with van der Waals surface area (Å²) in [4.78, 5) is 26.8. The van der Waals surface area contributed by atoms with Gasteiger partial charge in [-0.05, 0) is 56.3 Å². The summed E-state index contributed by atoms with van der Waals surface area (Å²) in [7, 11) is 1.54. The predicted octanol–water partition coefficient (Wildman–Crippen LogP) is 2.70. The molecule has 156 valence electrons. The molecule has 3 N–H and O–H groups in total. The van der Waals surface area contributed by atoms with Crippen molar-refractivity contribution in [2.75, 3.05) is 25.1 Å². The molecular formula is C22H24N4O4. The van der Waals surface area contributed by atoms with Gasteiger partial charge in [-0.25, -0.2) is 10.2 Å². The zero-order valence-electron chi connectivity index (χ0n) is 17.1. The third-order valence-electron chi connectivity index (χ3n) is 4.75. The van der Waals surface area contributed by atoms with Gasteiger partial charge in [0.05, 0.1) is 7.11 Å². The Balaban J connectivity index is 1.83. The number of ether oxygens (including phenoxy) is 1. The quantitative estimate of drug-likeness (QED) is 0.269. The van der Waals surface area contributed by atoms with Crippen LogP contribution in [0.3, 0.4) is 0 Å². The highest BCUT2D eigenvalue weighted by atomic mass is 16.5. The molecule has 1 amide bonds. The molecule has 0 spiro atoms. The fourth-order valence-electron chi connectivity index (χ4n) is 3.04. The molecule has 0 aliphatic heterocycles. The van der Waals surface area contributed by atoms with Crippen LogP contribution in [0.25, 0.3) is 11.0 Å². The van der Waals surface area contributed by atoms with Crippen LogP contribution < -0.4 is 26.4 Å². The summed E-state index contributed by atoms with van der Waals surface area (Å²) in [6.45, 7) is 5.81. The molecule has 0 atom stereocenters. The number of carbonyl (C=O) groups is 1. The van der Waals surface area contributed by atoms with E-state index in [1.165, 1.54) is 0 Å². The molecule has 0 saturated carbocycles. The summed E-state index contributed by atoms with van der Waals surface area (Å²) < 4.78 is 10.5. The van der Waals surface area contributed by atoms with Crippen LogP contribution in [0, 0.1) is 0 Å². The molecule has 1 aromatic heterocycles. The van der Waals surface area contributed by atoms with Crippen LogP contribution in [-0.4, -0.2) is 31.9 Å². The normalized spacial score (nSPS) is 11.4. The van der Waals surface area contributed by atoms with Crippen LogP contribution in [0.2, 0.25) is 0 Å². The first-order chi connectivity index (χ1) is 14.5. The molecule has 3 aromatic rings. The van der Waals surface area contributed by atoms with E-state index in [9.17, 15) is 9.59 Å². The number of hydrazone groups is 1. The fraction of sp³-hybridized carbons (Fsp3) is 0.227. The van der Waals surface area contributed by atoms with Gasteiger partial charge in [0.25, 0.3) is 5.91 Å². The molecule has 0 fully saturated rings. The van der Waals surface area contributed by atoms with Gasteiger partial charge in [-0.15, -0.1) is 0 Å². The number of hydrogen-bond acceptors (Lipinski definition) is 6. The summed E-state index contributed by atoms with van der Waals surface area (Å²) in [5.41, 5.74) is 9.53. The number of amides is 1. The number of benzene rings is 2. The number of rotatable bonds is 7. The van der Waals surface area contributed by atoms with Gasteiger partial charge in [0.15, 0.2) is 5.84 Å². The Labute approximate surface area is 173 Å². The van der Waals surface area contributed by atoms with Gasteiger partial charge in [-0.2, -0.15) is 5.10 Å². The van der Waals surface area contributed by atoms with Gasteiger partial charge >= 0.3 is 5.63 Å². The second-order valence-corrected chi connectivity index (χ2v) is 6.51. The van der Waals surface area contributed by atoms with E-state index in [0.29, 0.717) is 22.3 Å². The van der Waals surface area contributed by atoms with E-state index in [1.807, 2.05) is 18.2 Å². The second-order valence-electron chi connectivity index (χ2n) is 6.51. The highest BCUT2D eigenvalue weighted by Crippen LogP contribution is 2.22. The van der Waals surface area contributed by atoms with Crippen molar-refractivity contribution in [2.24, 2.45) is 10.8 Å². The molecule has 0 aliphatic rings. The van der Waals surface area contributed by atoms with E-state index in [2.05, 4.69) is 29.3 Å². The molecule has 0 radical (unpaired) electrons. The number of carbonyl (C=O) groups excluding carboxylic acids is 1. The highest BCUT2D eigenvalue weighted by Gasteiger charge is 2.12. The molecule has 0 unspecified atom stereocenters. The van der Waals surface area contributed by atoms with Gasteiger partial charge < -0.3 is 19.8 Å². The van der Waals surface area contributed by atoms with Crippen LogP contribution in [0.1, 0.15) is 29.8 Å². The topological polar surface area (TPSA) is 110 Å². The first-order valence-electron chi connectivity index (χ1n) is 9.57. The van der Waals surface area contributed by atoms with Gasteiger partial charge in [0.2, 0.25) is 0 Å². The summed E-state index contributed by atoms with van der Waals surface area (Å²) in [6, 6.07) is 13.8. The smallest absolute Gasteiger partial charge is 0.347 e. The molecule has 8 heteroatoms. The molecule has 30 heavy (non-hydrogen) atoms. The van der Waals surface area contributed by atoms with Crippen molar-refractivity contribution in [2.45, 2.75) is 13.8 Å². The van der Waals surface area contributed by atoms with Crippen LogP contribution in [-0.2, 0) is 0 Å². The minimum absolute atomic E-state index is 0.0770. The Morgan fingerprint density at radius 2 is 1.83 bits per heavy atom. The summed E-state index contributed by atoms with van der Waals surface area (Å²) in [5, 5.41) is 4.56. The molecule has 0 bridgehead atoms. The zero-order valence-corrected chi connectivity index (χ0v) is 17.1. The lowest BCUT2D eigenvalue weighted by atomic mass is 10.1. The third-order valence-corrected chi connectivity index (χ3v) is 4.75. The van der Waals surface area contributed by atoms with Gasteiger partial charge in [0.1, 0.15) is 16.9 Å². The zero-order chi connectivity index (χ0) is 21.7. The number of amidine groups is 1. The maximum atomic E-state index is 12.4. The van der Waals surface area contributed by atoms with Crippen LogP contribution >= 0.6 is 0 Å². The van der Waals surface area contributed by atoms with Crippen LogP contribution in [0.4, 0.5) is 5.69 Å². The first-order valence-corrected chi connectivity index (χ1v) is 9.57. The van der Waals surface area contributed by atoms with Crippen molar-refractivity contribution in [1.29, 1.82) is 0 Å². The molecule has 8 nitrogen and oxygen atoms in total. The first kappa shape index (κ1) is 20.9. The number of fused-ring (bicyclic) bond motifs is 1. The number of hydrogen-bond donors (Lipinski definition) is 2. The van der Waals surface area contributed by atoms with E-state index in [0.717, 1.165) is 18.8 Å². The molecule has 2 aromatic carbocycles. The minimum atomic E-state index is -0.626. The van der Waals surface area contributed by atoms with E-state index < -0.39 is 11.5 Å². The van der Waals surface area contributed by atoms with Crippen molar-refractivity contribution in [1.82, 2.24) is 5.43 Å². The van der Waals surface area contributed by atoms with E-state index in [4.69, 9.17) is 14.9 Å². The largest absolute Gasteiger partial charge is 0.497 e. The van der Waals surface area contributed by atoms with E-state index in [-0.39, 0.29) is 11.4 Å².